The van der Waals surface area contributed by atoms with Gasteiger partial charge in [-0.15, -0.1) is 0 Å². The molecule has 184 valence electrons. The Labute approximate surface area is 198 Å². The van der Waals surface area contributed by atoms with Crippen molar-refractivity contribution < 1.29 is 22.7 Å². The lowest BCUT2D eigenvalue weighted by Crippen LogP contribution is -2.57. The average molecular weight is 487 g/mol. The molecule has 0 spiro atoms. The number of benzene rings is 1. The summed E-state index contributed by atoms with van der Waals surface area (Å²) in [5.74, 6) is -1.13. The van der Waals surface area contributed by atoms with E-state index in [2.05, 4.69) is 15.3 Å². The third-order valence-corrected chi connectivity index (χ3v) is 6.80. The zero-order chi connectivity index (χ0) is 24.9. The number of fused-ring (bicyclic) bond motifs is 4. The molecule has 1 amide bonds. The molecule has 1 aromatic carbocycles. The second-order valence-corrected chi connectivity index (χ2v) is 8.94. The van der Waals surface area contributed by atoms with Gasteiger partial charge in [0.2, 0.25) is 0 Å². The van der Waals surface area contributed by atoms with Crippen LogP contribution in [-0.2, 0) is 11.8 Å². The monoisotopic (exact) mass is 487 g/mol. The number of amides is 1. The number of piperidine rings is 1. The quantitative estimate of drug-likeness (QED) is 0.592. The molecule has 0 aliphatic carbocycles. The van der Waals surface area contributed by atoms with Crippen LogP contribution in [0.3, 0.4) is 0 Å². The number of carbonyl (C=O) groups excluding carboxylic acids is 1. The Kier molecular flexibility index (Phi) is 5.96. The lowest BCUT2D eigenvalue weighted by Gasteiger charge is -2.45. The van der Waals surface area contributed by atoms with Crippen molar-refractivity contribution in [1.82, 2.24) is 19.4 Å². The van der Waals surface area contributed by atoms with Gasteiger partial charge in [0.05, 0.1) is 35.7 Å². The fourth-order valence-corrected chi connectivity index (χ4v) is 4.85. The van der Waals surface area contributed by atoms with Crippen molar-refractivity contribution in [3.8, 4) is 0 Å². The second kappa shape index (κ2) is 8.95. The van der Waals surface area contributed by atoms with E-state index in [1.165, 1.54) is 36.1 Å². The topological polar surface area (TPSA) is 89.4 Å². The molecule has 0 saturated carbocycles. The Hall–Kier alpha value is -3.47. The van der Waals surface area contributed by atoms with Crippen molar-refractivity contribution in [2.75, 3.05) is 18.5 Å². The number of nitrogens with one attached hydrogen (secondary N) is 1. The number of alkyl halides is 2. The number of carbonyl (C=O) groups is 1. The fraction of sp³-hybridized carbons (Fsp3) is 0.417. The lowest BCUT2D eigenvalue weighted by molar-refractivity contribution is -0.0915. The van der Waals surface area contributed by atoms with Crippen LogP contribution in [-0.4, -0.2) is 50.6 Å². The molecule has 3 aromatic rings. The number of aryl methyl sites for hydroxylation is 1. The molecule has 2 unspecified atom stereocenters. The molecule has 3 aliphatic rings. The van der Waals surface area contributed by atoms with Gasteiger partial charge in [-0.05, 0) is 25.8 Å². The van der Waals surface area contributed by atoms with Crippen LogP contribution in [0.1, 0.15) is 53.7 Å². The van der Waals surface area contributed by atoms with Crippen LogP contribution in [0.5, 0.6) is 0 Å². The number of hydrogen-bond acceptors (Lipinski definition) is 6. The zero-order valence-electron chi connectivity index (χ0n) is 19.2. The summed E-state index contributed by atoms with van der Waals surface area (Å²) in [5, 5.41) is 3.41. The standard InChI is InChI=1S/C24H24F3N5O3/c1-12(15-4-3-5-16(19(15)25)20(26)27)30-21-17-8-18(23(33)31(2)22(17)29-11-28-21)24(34)32-9-14-7-6-13(32)10-35-14/h3-5,8,11-14,20H,6-7,9-10H2,1-2H3,(H,28,29,30)/t12-,13?,14?/m1/s1. The van der Waals surface area contributed by atoms with E-state index in [1.807, 2.05) is 0 Å². The summed E-state index contributed by atoms with van der Waals surface area (Å²) in [6.45, 7) is 2.49. The van der Waals surface area contributed by atoms with E-state index in [0.717, 1.165) is 18.9 Å². The SMILES string of the molecule is C[C@@H](Nc1ncnc2c1cc(C(=O)N1CC3CCC1CO3)c(=O)n2C)c1cccc(C(F)F)c1F. The molecule has 11 heteroatoms. The zero-order valence-corrected chi connectivity index (χ0v) is 19.2. The van der Waals surface area contributed by atoms with E-state index in [1.54, 1.807) is 11.8 Å². The van der Waals surface area contributed by atoms with Gasteiger partial charge in [-0.3, -0.25) is 14.2 Å². The number of anilines is 1. The number of ether oxygens (including phenoxy) is 1. The van der Waals surface area contributed by atoms with E-state index < -0.39 is 29.4 Å². The molecular weight excluding hydrogens is 463 g/mol. The molecule has 5 heterocycles. The summed E-state index contributed by atoms with van der Waals surface area (Å²) in [5.41, 5.74) is -0.873. The maximum absolute atomic E-state index is 14.7. The maximum Gasteiger partial charge on any atom is 0.266 e. The smallest absolute Gasteiger partial charge is 0.266 e. The van der Waals surface area contributed by atoms with Gasteiger partial charge in [-0.25, -0.2) is 23.1 Å². The molecule has 3 saturated heterocycles. The molecule has 0 radical (unpaired) electrons. The summed E-state index contributed by atoms with van der Waals surface area (Å²) in [6, 6.07) is 4.46. The molecule has 8 nitrogen and oxygen atoms in total. The highest BCUT2D eigenvalue weighted by Gasteiger charge is 2.38. The van der Waals surface area contributed by atoms with Crippen molar-refractivity contribution >= 4 is 22.8 Å². The van der Waals surface area contributed by atoms with E-state index in [-0.39, 0.29) is 40.6 Å². The molecule has 3 aliphatic heterocycles. The van der Waals surface area contributed by atoms with Crippen LogP contribution in [0.2, 0.25) is 0 Å². The van der Waals surface area contributed by atoms with Gasteiger partial charge in [0.1, 0.15) is 29.2 Å². The fourth-order valence-electron chi connectivity index (χ4n) is 4.85. The molecule has 2 aromatic heterocycles. The molecule has 3 fully saturated rings. The van der Waals surface area contributed by atoms with Crippen LogP contribution in [0.25, 0.3) is 11.0 Å². The summed E-state index contributed by atoms with van der Waals surface area (Å²) in [7, 11) is 1.51. The first-order valence-corrected chi connectivity index (χ1v) is 11.4. The minimum Gasteiger partial charge on any atom is -0.374 e. The third kappa shape index (κ3) is 4.03. The highest BCUT2D eigenvalue weighted by Crippen LogP contribution is 2.31. The van der Waals surface area contributed by atoms with Gasteiger partial charge in [0, 0.05) is 19.2 Å². The number of halogens is 3. The van der Waals surface area contributed by atoms with Gasteiger partial charge in [-0.2, -0.15) is 0 Å². The number of nitrogens with zero attached hydrogens (tertiary/aromatic N) is 4. The first-order chi connectivity index (χ1) is 16.8. The number of pyridine rings is 1. The number of morpholine rings is 1. The lowest BCUT2D eigenvalue weighted by atomic mass is 9.96. The average Bonchev–Trinajstić information content (AvgIpc) is 2.86. The van der Waals surface area contributed by atoms with Gasteiger partial charge < -0.3 is 15.0 Å². The minimum atomic E-state index is -2.94. The predicted molar refractivity (Wildman–Crippen MR) is 122 cm³/mol. The minimum absolute atomic E-state index is 0.0241. The molecule has 2 bridgehead atoms. The Morgan fingerprint density at radius 1 is 1.23 bits per heavy atom. The summed E-state index contributed by atoms with van der Waals surface area (Å²) in [4.78, 5) is 36.5. The summed E-state index contributed by atoms with van der Waals surface area (Å²) in [6.07, 6.45) is -0.0337. The number of rotatable bonds is 5. The van der Waals surface area contributed by atoms with Crippen LogP contribution in [0.4, 0.5) is 19.0 Å². The van der Waals surface area contributed by atoms with E-state index in [9.17, 15) is 22.8 Å². The Balaban J connectivity index is 1.53. The van der Waals surface area contributed by atoms with Gasteiger partial charge in [-0.1, -0.05) is 18.2 Å². The molecule has 3 atom stereocenters. The van der Waals surface area contributed by atoms with E-state index in [0.29, 0.717) is 18.5 Å². The van der Waals surface area contributed by atoms with Gasteiger partial charge >= 0.3 is 0 Å². The molecular formula is C24H24F3N5O3. The third-order valence-electron chi connectivity index (χ3n) is 6.80. The Bertz CT molecular complexity index is 1350. The van der Waals surface area contributed by atoms with Crippen molar-refractivity contribution in [3.05, 3.63) is 63.5 Å². The van der Waals surface area contributed by atoms with Crippen LogP contribution >= 0.6 is 0 Å². The first-order valence-electron chi connectivity index (χ1n) is 11.4. The van der Waals surface area contributed by atoms with E-state index in [4.69, 9.17) is 4.74 Å². The second-order valence-electron chi connectivity index (χ2n) is 8.94. The number of aromatic nitrogens is 3. The Morgan fingerprint density at radius 2 is 2.00 bits per heavy atom. The molecule has 35 heavy (non-hydrogen) atoms. The van der Waals surface area contributed by atoms with Gasteiger partial charge in [0.25, 0.3) is 17.9 Å². The van der Waals surface area contributed by atoms with Crippen LogP contribution in [0, 0.1) is 5.82 Å². The largest absolute Gasteiger partial charge is 0.374 e. The highest BCUT2D eigenvalue weighted by atomic mass is 19.3. The summed E-state index contributed by atoms with van der Waals surface area (Å²) >= 11 is 0. The predicted octanol–water partition coefficient (Wildman–Crippen LogP) is 3.58. The van der Waals surface area contributed by atoms with Crippen LogP contribution in [0.15, 0.2) is 35.4 Å². The van der Waals surface area contributed by atoms with Crippen molar-refractivity contribution in [2.24, 2.45) is 7.05 Å². The maximum atomic E-state index is 14.7. The summed E-state index contributed by atoms with van der Waals surface area (Å²) < 4.78 is 48.0. The number of hydrogen-bond donors (Lipinski definition) is 1. The Morgan fingerprint density at radius 3 is 2.66 bits per heavy atom. The first kappa shape index (κ1) is 23.3. The normalized spacial score (nSPS) is 20.5. The van der Waals surface area contributed by atoms with Crippen LogP contribution < -0.4 is 10.9 Å². The van der Waals surface area contributed by atoms with Crippen molar-refractivity contribution in [1.29, 1.82) is 0 Å². The van der Waals surface area contributed by atoms with Crippen molar-refractivity contribution in [2.45, 2.75) is 44.4 Å². The van der Waals surface area contributed by atoms with E-state index >= 15 is 0 Å². The van der Waals surface area contributed by atoms with Gasteiger partial charge in [0.15, 0.2) is 0 Å². The highest BCUT2D eigenvalue weighted by molar-refractivity contribution is 5.99. The van der Waals surface area contributed by atoms with Crippen molar-refractivity contribution in [3.63, 3.8) is 0 Å². The molecule has 1 N–H and O–H groups in total. The molecule has 6 rings (SSSR count).